The van der Waals surface area contributed by atoms with Gasteiger partial charge in [0.2, 0.25) is 5.91 Å². The van der Waals surface area contributed by atoms with Crippen LogP contribution in [0.15, 0.2) is 24.3 Å². The zero-order chi connectivity index (χ0) is 13.2. The van der Waals surface area contributed by atoms with Crippen molar-refractivity contribution in [1.82, 2.24) is 14.9 Å². The Morgan fingerprint density at radius 3 is 2.79 bits per heavy atom. The van der Waals surface area contributed by atoms with Crippen LogP contribution in [0.4, 0.5) is 0 Å². The largest absolute Gasteiger partial charge is 0.342 e. The molecule has 5 heteroatoms. The van der Waals surface area contributed by atoms with E-state index in [0.717, 1.165) is 42.8 Å². The van der Waals surface area contributed by atoms with E-state index in [0.29, 0.717) is 5.92 Å². The predicted octanol–water partition coefficient (Wildman–Crippen LogP) is 2.51. The summed E-state index contributed by atoms with van der Waals surface area (Å²) in [5, 5.41) is 0. The van der Waals surface area contributed by atoms with Crippen molar-refractivity contribution in [1.29, 1.82) is 0 Å². The molecule has 19 heavy (non-hydrogen) atoms. The second-order valence-corrected chi connectivity index (χ2v) is 5.20. The number of benzene rings is 1. The third-order valence-electron chi connectivity index (χ3n) is 3.76. The number of halogens is 1. The number of rotatable bonds is 2. The number of carbonyl (C=O) groups excluding carboxylic acids is 1. The molecule has 4 nitrogen and oxygen atoms in total. The van der Waals surface area contributed by atoms with Crippen molar-refractivity contribution in [3.05, 3.63) is 30.1 Å². The molecule has 100 valence electrons. The van der Waals surface area contributed by atoms with E-state index in [2.05, 4.69) is 9.97 Å². The number of imidazole rings is 1. The molecule has 1 amide bonds. The SMILES string of the molecule is O=C(CCl)N1CCC(c2nc3ccccc3[nH]2)CC1. The van der Waals surface area contributed by atoms with Crippen LogP contribution in [-0.2, 0) is 4.79 Å². The number of aromatic nitrogens is 2. The van der Waals surface area contributed by atoms with Crippen LogP contribution in [0.2, 0.25) is 0 Å². The zero-order valence-electron chi connectivity index (χ0n) is 10.6. The minimum atomic E-state index is 0.0322. The summed E-state index contributed by atoms with van der Waals surface area (Å²) < 4.78 is 0. The first-order valence-corrected chi connectivity index (χ1v) is 7.10. The number of hydrogen-bond acceptors (Lipinski definition) is 2. The van der Waals surface area contributed by atoms with Crippen LogP contribution in [0.3, 0.4) is 0 Å². The van der Waals surface area contributed by atoms with Crippen LogP contribution in [0.25, 0.3) is 11.0 Å². The van der Waals surface area contributed by atoms with Crippen molar-refractivity contribution in [3.63, 3.8) is 0 Å². The minimum Gasteiger partial charge on any atom is -0.342 e. The van der Waals surface area contributed by atoms with Gasteiger partial charge in [0.1, 0.15) is 11.7 Å². The first-order chi connectivity index (χ1) is 9.28. The smallest absolute Gasteiger partial charge is 0.237 e. The standard InChI is InChI=1S/C14H16ClN3O/c15-9-13(19)18-7-5-10(6-8-18)14-16-11-3-1-2-4-12(11)17-14/h1-4,10H,5-9H2,(H,16,17). The number of alkyl halides is 1. The Hall–Kier alpha value is -1.55. The second kappa shape index (κ2) is 5.21. The number of nitrogens with zero attached hydrogens (tertiary/aromatic N) is 2. The second-order valence-electron chi connectivity index (χ2n) is 4.93. The third kappa shape index (κ3) is 2.45. The molecule has 2 heterocycles. The van der Waals surface area contributed by atoms with Gasteiger partial charge in [-0.15, -0.1) is 11.6 Å². The Balaban J connectivity index is 1.72. The monoisotopic (exact) mass is 277 g/mol. The van der Waals surface area contributed by atoms with Gasteiger partial charge >= 0.3 is 0 Å². The molecule has 0 saturated carbocycles. The van der Waals surface area contributed by atoms with Crippen molar-refractivity contribution in [2.75, 3.05) is 19.0 Å². The van der Waals surface area contributed by atoms with Gasteiger partial charge in [-0.25, -0.2) is 4.98 Å². The summed E-state index contributed by atoms with van der Waals surface area (Å²) in [5.41, 5.74) is 2.09. The van der Waals surface area contributed by atoms with Gasteiger partial charge in [0.15, 0.2) is 0 Å². The van der Waals surface area contributed by atoms with Crippen molar-refractivity contribution in [3.8, 4) is 0 Å². The highest BCUT2D eigenvalue weighted by Crippen LogP contribution is 2.27. The summed E-state index contributed by atoms with van der Waals surface area (Å²) in [4.78, 5) is 21.4. The molecule has 0 aliphatic carbocycles. The summed E-state index contributed by atoms with van der Waals surface area (Å²) in [7, 11) is 0. The van der Waals surface area contributed by atoms with E-state index in [-0.39, 0.29) is 11.8 Å². The van der Waals surface area contributed by atoms with E-state index in [4.69, 9.17) is 11.6 Å². The van der Waals surface area contributed by atoms with Crippen molar-refractivity contribution in [2.45, 2.75) is 18.8 Å². The number of nitrogens with one attached hydrogen (secondary N) is 1. The van der Waals surface area contributed by atoms with Crippen LogP contribution in [0, 0.1) is 0 Å². The first-order valence-electron chi connectivity index (χ1n) is 6.56. The number of likely N-dealkylation sites (tertiary alicyclic amines) is 1. The number of aromatic amines is 1. The van der Waals surface area contributed by atoms with Crippen LogP contribution < -0.4 is 0 Å². The summed E-state index contributed by atoms with van der Waals surface area (Å²) >= 11 is 5.58. The number of piperidine rings is 1. The summed E-state index contributed by atoms with van der Waals surface area (Å²) in [6.45, 7) is 1.54. The van der Waals surface area contributed by atoms with Crippen LogP contribution in [0.5, 0.6) is 0 Å². The Morgan fingerprint density at radius 1 is 1.37 bits per heavy atom. The van der Waals surface area contributed by atoms with E-state index in [1.54, 1.807) is 0 Å². The maximum absolute atomic E-state index is 11.5. The van der Waals surface area contributed by atoms with Gasteiger partial charge < -0.3 is 9.88 Å². The highest BCUT2D eigenvalue weighted by Gasteiger charge is 2.25. The summed E-state index contributed by atoms with van der Waals surface area (Å²) in [5.74, 6) is 1.56. The lowest BCUT2D eigenvalue weighted by Gasteiger charge is -2.30. The fourth-order valence-corrected chi connectivity index (χ4v) is 2.82. The lowest BCUT2D eigenvalue weighted by atomic mass is 9.96. The fraction of sp³-hybridized carbons (Fsp3) is 0.429. The molecule has 1 saturated heterocycles. The van der Waals surface area contributed by atoms with E-state index < -0.39 is 0 Å². The number of carbonyl (C=O) groups is 1. The van der Waals surface area contributed by atoms with Crippen molar-refractivity contribution in [2.24, 2.45) is 0 Å². The van der Waals surface area contributed by atoms with Gasteiger partial charge in [-0.3, -0.25) is 4.79 Å². The van der Waals surface area contributed by atoms with E-state index in [1.165, 1.54) is 0 Å². The lowest BCUT2D eigenvalue weighted by molar-refractivity contribution is -0.129. The quantitative estimate of drug-likeness (QED) is 0.858. The molecule has 1 fully saturated rings. The van der Waals surface area contributed by atoms with Gasteiger partial charge in [0, 0.05) is 19.0 Å². The van der Waals surface area contributed by atoms with Crippen LogP contribution in [0.1, 0.15) is 24.6 Å². The highest BCUT2D eigenvalue weighted by molar-refractivity contribution is 6.27. The number of para-hydroxylation sites is 2. The van der Waals surface area contributed by atoms with Crippen molar-refractivity contribution < 1.29 is 4.79 Å². The zero-order valence-corrected chi connectivity index (χ0v) is 11.4. The molecule has 1 N–H and O–H groups in total. The lowest BCUT2D eigenvalue weighted by Crippen LogP contribution is -2.38. The van der Waals surface area contributed by atoms with Crippen LogP contribution in [-0.4, -0.2) is 39.7 Å². The number of amides is 1. The molecule has 0 radical (unpaired) electrons. The van der Waals surface area contributed by atoms with Gasteiger partial charge in [-0.2, -0.15) is 0 Å². The molecular weight excluding hydrogens is 262 g/mol. The maximum Gasteiger partial charge on any atom is 0.237 e. The molecule has 3 rings (SSSR count). The molecule has 0 spiro atoms. The molecule has 0 atom stereocenters. The molecule has 2 aromatic rings. The van der Waals surface area contributed by atoms with E-state index in [9.17, 15) is 4.79 Å². The third-order valence-corrected chi connectivity index (χ3v) is 3.99. The normalized spacial score (nSPS) is 17.0. The summed E-state index contributed by atoms with van der Waals surface area (Å²) in [6, 6.07) is 8.06. The Morgan fingerprint density at radius 2 is 2.11 bits per heavy atom. The Kier molecular flexibility index (Phi) is 3.42. The van der Waals surface area contributed by atoms with Crippen LogP contribution >= 0.6 is 11.6 Å². The van der Waals surface area contributed by atoms with Gasteiger partial charge in [0.25, 0.3) is 0 Å². The van der Waals surface area contributed by atoms with Crippen molar-refractivity contribution >= 4 is 28.5 Å². The van der Waals surface area contributed by atoms with Gasteiger partial charge in [0.05, 0.1) is 11.0 Å². The highest BCUT2D eigenvalue weighted by atomic mass is 35.5. The molecular formula is C14H16ClN3O. The Labute approximate surface area is 116 Å². The van der Waals surface area contributed by atoms with E-state index in [1.807, 2.05) is 29.2 Å². The molecule has 1 aliphatic rings. The average Bonchev–Trinajstić information content (AvgIpc) is 2.90. The van der Waals surface area contributed by atoms with Gasteiger partial charge in [-0.1, -0.05) is 12.1 Å². The molecule has 0 bridgehead atoms. The maximum atomic E-state index is 11.5. The molecule has 1 aliphatic heterocycles. The topological polar surface area (TPSA) is 49.0 Å². The number of fused-ring (bicyclic) bond motifs is 1. The Bertz CT molecular complexity index is 554. The number of H-pyrrole nitrogens is 1. The molecule has 0 unspecified atom stereocenters. The molecule has 1 aromatic carbocycles. The molecule has 1 aromatic heterocycles. The summed E-state index contributed by atoms with van der Waals surface area (Å²) in [6.07, 6.45) is 1.89. The first kappa shape index (κ1) is 12.5. The predicted molar refractivity (Wildman–Crippen MR) is 75.4 cm³/mol. The fourth-order valence-electron chi connectivity index (χ4n) is 2.65. The average molecular weight is 278 g/mol. The van der Waals surface area contributed by atoms with E-state index >= 15 is 0 Å². The van der Waals surface area contributed by atoms with Gasteiger partial charge in [-0.05, 0) is 25.0 Å². The number of hydrogen-bond donors (Lipinski definition) is 1. The minimum absolute atomic E-state index is 0.0322.